The average molecular weight is 458 g/mol. The Hall–Kier alpha value is -1.31. The van der Waals surface area contributed by atoms with Crippen molar-refractivity contribution in [2.45, 2.75) is 39.7 Å². The lowest BCUT2D eigenvalue weighted by molar-refractivity contribution is -0.127. The van der Waals surface area contributed by atoms with E-state index in [1.807, 2.05) is 4.90 Å². The number of rotatable bonds is 7. The molecule has 0 aliphatic carbocycles. The lowest BCUT2D eigenvalue weighted by Gasteiger charge is -2.22. The third kappa shape index (κ3) is 7.22. The zero-order valence-electron chi connectivity index (χ0n) is 15.6. The molecule has 1 fully saturated rings. The van der Waals surface area contributed by atoms with Gasteiger partial charge in [0.15, 0.2) is 5.96 Å². The van der Waals surface area contributed by atoms with Crippen molar-refractivity contribution < 1.29 is 4.79 Å². The van der Waals surface area contributed by atoms with Crippen LogP contribution in [0.1, 0.15) is 37.3 Å². The highest BCUT2D eigenvalue weighted by Gasteiger charge is 2.18. The van der Waals surface area contributed by atoms with Gasteiger partial charge in [-0.15, -0.1) is 24.0 Å². The van der Waals surface area contributed by atoms with E-state index in [9.17, 15) is 4.79 Å². The summed E-state index contributed by atoms with van der Waals surface area (Å²) in [6.07, 6.45) is 2.63. The standard InChI is InChI=1S/C19H30N4O.HI/c1-4-20-19(21-12-6-14-23-13-5-7-18(23)24)22(3)15-17-10-8-16(2)9-11-17;/h8-11H,4-7,12-15H2,1-3H3,(H,20,21);1H. The first-order valence-corrected chi connectivity index (χ1v) is 8.93. The summed E-state index contributed by atoms with van der Waals surface area (Å²) in [5, 5.41) is 3.35. The van der Waals surface area contributed by atoms with Crippen LogP contribution in [0.5, 0.6) is 0 Å². The van der Waals surface area contributed by atoms with E-state index in [0.717, 1.165) is 51.5 Å². The van der Waals surface area contributed by atoms with Crippen LogP contribution in [0.15, 0.2) is 29.3 Å². The van der Waals surface area contributed by atoms with E-state index in [1.165, 1.54) is 11.1 Å². The number of hydrogen-bond acceptors (Lipinski definition) is 2. The van der Waals surface area contributed by atoms with Crippen LogP contribution in [0.4, 0.5) is 0 Å². The first-order valence-electron chi connectivity index (χ1n) is 8.93. The van der Waals surface area contributed by atoms with Gasteiger partial charge in [-0.3, -0.25) is 9.79 Å². The number of likely N-dealkylation sites (tertiary alicyclic amines) is 1. The quantitative estimate of drug-likeness (QED) is 0.296. The molecule has 2 rings (SSSR count). The summed E-state index contributed by atoms with van der Waals surface area (Å²) >= 11 is 0. The Morgan fingerprint density at radius 2 is 2.04 bits per heavy atom. The fraction of sp³-hybridized carbons (Fsp3) is 0.579. The molecule has 1 amide bonds. The van der Waals surface area contributed by atoms with Gasteiger partial charge in [-0.05, 0) is 32.3 Å². The summed E-state index contributed by atoms with van der Waals surface area (Å²) in [6.45, 7) is 8.34. The van der Waals surface area contributed by atoms with Crippen LogP contribution in [0.3, 0.4) is 0 Å². The maximum Gasteiger partial charge on any atom is 0.222 e. The number of aliphatic imine (C=N–C) groups is 1. The molecule has 1 N–H and O–H groups in total. The Morgan fingerprint density at radius 3 is 2.64 bits per heavy atom. The third-order valence-electron chi connectivity index (χ3n) is 4.26. The second-order valence-corrected chi connectivity index (χ2v) is 6.42. The zero-order valence-corrected chi connectivity index (χ0v) is 18.0. The fourth-order valence-electron chi connectivity index (χ4n) is 2.90. The molecule has 140 valence electrons. The smallest absolute Gasteiger partial charge is 0.222 e. The van der Waals surface area contributed by atoms with Crippen molar-refractivity contribution in [1.29, 1.82) is 0 Å². The van der Waals surface area contributed by atoms with E-state index in [2.05, 4.69) is 55.4 Å². The van der Waals surface area contributed by atoms with Crippen molar-refractivity contribution in [1.82, 2.24) is 15.1 Å². The van der Waals surface area contributed by atoms with Gasteiger partial charge in [0, 0.05) is 46.2 Å². The summed E-state index contributed by atoms with van der Waals surface area (Å²) in [7, 11) is 2.06. The fourth-order valence-corrected chi connectivity index (χ4v) is 2.90. The van der Waals surface area contributed by atoms with Crippen LogP contribution >= 0.6 is 24.0 Å². The predicted octanol–water partition coefficient (Wildman–Crippen LogP) is 3.02. The number of amides is 1. The van der Waals surface area contributed by atoms with Gasteiger partial charge in [0.05, 0.1) is 0 Å². The molecule has 1 aliphatic heterocycles. The number of carbonyl (C=O) groups excluding carboxylic acids is 1. The molecule has 1 aliphatic rings. The van der Waals surface area contributed by atoms with Crippen LogP contribution < -0.4 is 5.32 Å². The summed E-state index contributed by atoms with van der Waals surface area (Å²) < 4.78 is 0. The van der Waals surface area contributed by atoms with Gasteiger partial charge in [-0.2, -0.15) is 0 Å². The number of carbonyl (C=O) groups is 1. The largest absolute Gasteiger partial charge is 0.357 e. The molecule has 1 aromatic carbocycles. The van der Waals surface area contributed by atoms with Crippen LogP contribution in [0, 0.1) is 6.92 Å². The van der Waals surface area contributed by atoms with E-state index >= 15 is 0 Å². The molecule has 0 radical (unpaired) electrons. The Kier molecular flexibility index (Phi) is 9.85. The molecule has 25 heavy (non-hydrogen) atoms. The third-order valence-corrected chi connectivity index (χ3v) is 4.26. The molecule has 1 heterocycles. The second-order valence-electron chi connectivity index (χ2n) is 6.42. The lowest BCUT2D eigenvalue weighted by Crippen LogP contribution is -2.38. The van der Waals surface area contributed by atoms with Gasteiger partial charge in [0.2, 0.25) is 5.91 Å². The highest BCUT2D eigenvalue weighted by Crippen LogP contribution is 2.10. The van der Waals surface area contributed by atoms with Crippen molar-refractivity contribution in [3.8, 4) is 0 Å². The summed E-state index contributed by atoms with van der Waals surface area (Å²) in [5.41, 5.74) is 2.55. The maximum absolute atomic E-state index is 11.6. The topological polar surface area (TPSA) is 47.9 Å². The number of guanidine groups is 1. The number of halogens is 1. The molecule has 6 heteroatoms. The van der Waals surface area contributed by atoms with Crippen LogP contribution in [-0.2, 0) is 11.3 Å². The van der Waals surface area contributed by atoms with Gasteiger partial charge in [-0.1, -0.05) is 29.8 Å². The lowest BCUT2D eigenvalue weighted by atomic mass is 10.1. The van der Waals surface area contributed by atoms with Crippen molar-refractivity contribution in [2.75, 3.05) is 33.2 Å². The van der Waals surface area contributed by atoms with E-state index < -0.39 is 0 Å². The Morgan fingerprint density at radius 1 is 1.32 bits per heavy atom. The number of nitrogens with zero attached hydrogens (tertiary/aromatic N) is 3. The summed E-state index contributed by atoms with van der Waals surface area (Å²) in [6, 6.07) is 8.60. The molecule has 1 saturated heterocycles. The number of benzene rings is 1. The SMILES string of the molecule is CCNC(=NCCCN1CCCC1=O)N(C)Cc1ccc(C)cc1.I. The highest BCUT2D eigenvalue weighted by atomic mass is 127. The Bertz CT molecular complexity index is 559. The molecule has 0 unspecified atom stereocenters. The van der Waals surface area contributed by atoms with Crippen LogP contribution in [0.2, 0.25) is 0 Å². The Labute approximate surface area is 168 Å². The first-order chi connectivity index (χ1) is 11.6. The monoisotopic (exact) mass is 458 g/mol. The molecule has 0 spiro atoms. The van der Waals surface area contributed by atoms with Gasteiger partial charge in [0.25, 0.3) is 0 Å². The van der Waals surface area contributed by atoms with E-state index in [-0.39, 0.29) is 24.0 Å². The Balaban J connectivity index is 0.00000312. The van der Waals surface area contributed by atoms with Crippen LogP contribution in [-0.4, -0.2) is 54.9 Å². The molecule has 5 nitrogen and oxygen atoms in total. The van der Waals surface area contributed by atoms with Crippen molar-refractivity contribution >= 4 is 35.8 Å². The first kappa shape index (κ1) is 21.7. The molecule has 0 bridgehead atoms. The van der Waals surface area contributed by atoms with E-state index in [4.69, 9.17) is 4.99 Å². The minimum absolute atomic E-state index is 0. The minimum atomic E-state index is 0. The van der Waals surface area contributed by atoms with Gasteiger partial charge in [-0.25, -0.2) is 0 Å². The number of hydrogen-bond donors (Lipinski definition) is 1. The molecular weight excluding hydrogens is 427 g/mol. The van der Waals surface area contributed by atoms with E-state index in [1.54, 1.807) is 0 Å². The average Bonchev–Trinajstić information content (AvgIpc) is 2.97. The number of aryl methyl sites for hydroxylation is 1. The summed E-state index contributed by atoms with van der Waals surface area (Å²) in [4.78, 5) is 20.4. The van der Waals surface area contributed by atoms with Gasteiger partial charge < -0.3 is 15.1 Å². The molecule has 0 aromatic heterocycles. The minimum Gasteiger partial charge on any atom is -0.357 e. The van der Waals surface area contributed by atoms with Gasteiger partial charge >= 0.3 is 0 Å². The van der Waals surface area contributed by atoms with Crippen molar-refractivity contribution in [3.05, 3.63) is 35.4 Å². The highest BCUT2D eigenvalue weighted by molar-refractivity contribution is 14.0. The molecule has 0 atom stereocenters. The summed E-state index contributed by atoms with van der Waals surface area (Å²) in [5.74, 6) is 1.22. The van der Waals surface area contributed by atoms with Crippen LogP contribution in [0.25, 0.3) is 0 Å². The zero-order chi connectivity index (χ0) is 17.4. The van der Waals surface area contributed by atoms with Crippen molar-refractivity contribution in [3.63, 3.8) is 0 Å². The second kappa shape index (κ2) is 11.3. The predicted molar refractivity (Wildman–Crippen MR) is 114 cm³/mol. The number of nitrogens with one attached hydrogen (secondary N) is 1. The van der Waals surface area contributed by atoms with Crippen molar-refractivity contribution in [2.24, 2.45) is 4.99 Å². The molecule has 1 aromatic rings. The molecular formula is C19H31IN4O. The van der Waals surface area contributed by atoms with Gasteiger partial charge in [0.1, 0.15) is 0 Å². The van der Waals surface area contributed by atoms with E-state index in [0.29, 0.717) is 12.3 Å². The molecule has 0 saturated carbocycles. The normalized spacial score (nSPS) is 14.4. The maximum atomic E-state index is 11.6.